The number of hydrogen-bond acceptors (Lipinski definition) is 6. The fraction of sp³-hybridized carbons (Fsp3) is 0.750. The standard InChI is InChI=1S/C12H19N3O5/c1-12(2,3)20-10(16)13-7-4-5-8(18-6-7)9-14-15-11(17)19-9/h7-8H,4-6H2,1-3H3,(H,13,16)(H,15,17)/t7-,8+/m1/s1. The van der Waals surface area contributed by atoms with Gasteiger partial charge in [0.25, 0.3) is 0 Å². The highest BCUT2D eigenvalue weighted by molar-refractivity contribution is 5.68. The van der Waals surface area contributed by atoms with Gasteiger partial charge in [-0.25, -0.2) is 14.7 Å². The van der Waals surface area contributed by atoms with Crippen LogP contribution >= 0.6 is 0 Å². The van der Waals surface area contributed by atoms with Crippen molar-refractivity contribution in [3.8, 4) is 0 Å². The molecule has 1 aromatic rings. The van der Waals surface area contributed by atoms with Gasteiger partial charge in [-0.05, 0) is 33.6 Å². The fourth-order valence-corrected chi connectivity index (χ4v) is 1.91. The van der Waals surface area contributed by atoms with Crippen molar-refractivity contribution in [2.24, 2.45) is 0 Å². The monoisotopic (exact) mass is 285 g/mol. The Balaban J connectivity index is 1.80. The van der Waals surface area contributed by atoms with Gasteiger partial charge < -0.3 is 19.2 Å². The Morgan fingerprint density at radius 2 is 2.20 bits per heavy atom. The summed E-state index contributed by atoms with van der Waals surface area (Å²) in [5.74, 6) is -0.358. The summed E-state index contributed by atoms with van der Waals surface area (Å²) in [4.78, 5) is 22.5. The second-order valence-corrected chi connectivity index (χ2v) is 5.69. The number of rotatable bonds is 2. The summed E-state index contributed by atoms with van der Waals surface area (Å²) in [6.07, 6.45) is 0.482. The Morgan fingerprint density at radius 1 is 1.45 bits per heavy atom. The molecular formula is C12H19N3O5. The highest BCUT2D eigenvalue weighted by Gasteiger charge is 2.28. The van der Waals surface area contributed by atoms with E-state index in [0.29, 0.717) is 19.4 Å². The van der Waals surface area contributed by atoms with Crippen molar-refractivity contribution in [3.05, 3.63) is 16.4 Å². The van der Waals surface area contributed by atoms with E-state index in [1.54, 1.807) is 20.8 Å². The number of amides is 1. The van der Waals surface area contributed by atoms with Crippen molar-refractivity contribution >= 4 is 6.09 Å². The summed E-state index contributed by atoms with van der Waals surface area (Å²) in [5.41, 5.74) is -0.527. The van der Waals surface area contributed by atoms with E-state index in [0.717, 1.165) is 0 Å². The molecule has 112 valence electrons. The van der Waals surface area contributed by atoms with Crippen LogP contribution < -0.4 is 11.1 Å². The number of aromatic amines is 1. The molecule has 0 unspecified atom stereocenters. The maximum Gasteiger partial charge on any atom is 0.434 e. The van der Waals surface area contributed by atoms with Crippen LogP contribution in [0.3, 0.4) is 0 Å². The van der Waals surface area contributed by atoms with Crippen LogP contribution in [0.1, 0.15) is 45.6 Å². The van der Waals surface area contributed by atoms with Crippen LogP contribution in [0.5, 0.6) is 0 Å². The number of nitrogens with zero attached hydrogens (tertiary/aromatic N) is 1. The molecule has 1 amide bonds. The molecule has 1 aliphatic heterocycles. The normalized spacial score (nSPS) is 23.4. The van der Waals surface area contributed by atoms with E-state index in [1.165, 1.54) is 0 Å². The number of carbonyl (C=O) groups excluding carboxylic acids is 1. The first-order valence-corrected chi connectivity index (χ1v) is 6.50. The number of ether oxygens (including phenoxy) is 2. The summed E-state index contributed by atoms with van der Waals surface area (Å²) in [5, 5.41) is 8.67. The Kier molecular flexibility index (Phi) is 4.12. The summed E-state index contributed by atoms with van der Waals surface area (Å²) < 4.78 is 15.6. The average Bonchev–Trinajstić information content (AvgIpc) is 2.74. The van der Waals surface area contributed by atoms with E-state index in [1.807, 2.05) is 0 Å². The predicted molar refractivity (Wildman–Crippen MR) is 68.2 cm³/mol. The van der Waals surface area contributed by atoms with Gasteiger partial charge in [-0.15, -0.1) is 5.10 Å². The number of hydrogen-bond donors (Lipinski definition) is 2. The van der Waals surface area contributed by atoms with E-state index in [4.69, 9.17) is 13.9 Å². The minimum Gasteiger partial charge on any atom is -0.444 e. The Hall–Kier alpha value is -1.83. The largest absolute Gasteiger partial charge is 0.444 e. The summed E-state index contributed by atoms with van der Waals surface area (Å²) >= 11 is 0. The van der Waals surface area contributed by atoms with Gasteiger partial charge in [0.2, 0.25) is 5.89 Å². The third-order valence-corrected chi connectivity index (χ3v) is 2.73. The first-order chi connectivity index (χ1) is 9.33. The lowest BCUT2D eigenvalue weighted by atomic mass is 10.1. The quantitative estimate of drug-likeness (QED) is 0.843. The van der Waals surface area contributed by atoms with Crippen molar-refractivity contribution in [2.45, 2.75) is 51.4 Å². The van der Waals surface area contributed by atoms with Gasteiger partial charge in [-0.3, -0.25) is 0 Å². The topological polar surface area (TPSA) is 106 Å². The first-order valence-electron chi connectivity index (χ1n) is 6.50. The van der Waals surface area contributed by atoms with Gasteiger partial charge in [-0.2, -0.15) is 0 Å². The molecular weight excluding hydrogens is 266 g/mol. The molecule has 0 spiro atoms. The van der Waals surface area contributed by atoms with Crippen molar-refractivity contribution in [3.63, 3.8) is 0 Å². The lowest BCUT2D eigenvalue weighted by Crippen LogP contribution is -2.43. The highest BCUT2D eigenvalue weighted by Crippen LogP contribution is 2.25. The van der Waals surface area contributed by atoms with E-state index >= 15 is 0 Å². The zero-order valence-corrected chi connectivity index (χ0v) is 11.8. The SMILES string of the molecule is CC(C)(C)OC(=O)N[C@@H]1CC[C@@H](c2n[nH]c(=O)o2)OC1. The van der Waals surface area contributed by atoms with Crippen LogP contribution in [-0.4, -0.2) is 34.5 Å². The van der Waals surface area contributed by atoms with Gasteiger partial charge in [0.15, 0.2) is 0 Å². The van der Waals surface area contributed by atoms with Crippen LogP contribution in [0, 0.1) is 0 Å². The number of nitrogens with one attached hydrogen (secondary N) is 2. The molecule has 0 aromatic carbocycles. The summed E-state index contributed by atoms with van der Waals surface area (Å²) in [7, 11) is 0. The highest BCUT2D eigenvalue weighted by atomic mass is 16.6. The molecule has 1 aliphatic rings. The maximum atomic E-state index is 11.6. The van der Waals surface area contributed by atoms with Crippen molar-refractivity contribution in [1.29, 1.82) is 0 Å². The lowest BCUT2D eigenvalue weighted by molar-refractivity contribution is -0.0224. The van der Waals surface area contributed by atoms with Gasteiger partial charge in [0.05, 0.1) is 12.6 Å². The van der Waals surface area contributed by atoms with E-state index in [9.17, 15) is 9.59 Å². The molecule has 1 aromatic heterocycles. The van der Waals surface area contributed by atoms with Crippen LogP contribution in [0.25, 0.3) is 0 Å². The van der Waals surface area contributed by atoms with Gasteiger partial charge in [0.1, 0.15) is 11.7 Å². The molecule has 1 fully saturated rings. The number of H-pyrrole nitrogens is 1. The molecule has 2 atom stereocenters. The lowest BCUT2D eigenvalue weighted by Gasteiger charge is -2.28. The van der Waals surface area contributed by atoms with E-state index < -0.39 is 17.5 Å². The molecule has 0 radical (unpaired) electrons. The molecule has 0 aliphatic carbocycles. The predicted octanol–water partition coefficient (Wildman–Crippen LogP) is 1.11. The minimum atomic E-state index is -0.599. The smallest absolute Gasteiger partial charge is 0.434 e. The van der Waals surface area contributed by atoms with Crippen LogP contribution in [0.2, 0.25) is 0 Å². The van der Waals surface area contributed by atoms with Crippen molar-refractivity contribution in [2.75, 3.05) is 6.61 Å². The number of alkyl carbamates (subject to hydrolysis) is 1. The van der Waals surface area contributed by atoms with Gasteiger partial charge >= 0.3 is 11.8 Å². The van der Waals surface area contributed by atoms with Gasteiger partial charge in [-0.1, -0.05) is 0 Å². The fourth-order valence-electron chi connectivity index (χ4n) is 1.91. The average molecular weight is 285 g/mol. The zero-order valence-electron chi connectivity index (χ0n) is 11.8. The third kappa shape index (κ3) is 4.09. The van der Waals surface area contributed by atoms with Crippen molar-refractivity contribution in [1.82, 2.24) is 15.5 Å². The molecule has 0 bridgehead atoms. The molecule has 8 nitrogen and oxygen atoms in total. The Labute approximate surface area is 115 Å². The molecule has 2 rings (SSSR count). The first kappa shape index (κ1) is 14.6. The zero-order chi connectivity index (χ0) is 14.8. The molecule has 8 heteroatoms. The van der Waals surface area contributed by atoms with Crippen LogP contribution in [0.15, 0.2) is 9.21 Å². The Bertz CT molecular complexity index is 508. The van der Waals surface area contributed by atoms with Gasteiger partial charge in [0, 0.05) is 0 Å². The molecule has 0 saturated carbocycles. The summed E-state index contributed by atoms with van der Waals surface area (Å²) in [6, 6.07) is -0.119. The summed E-state index contributed by atoms with van der Waals surface area (Å²) in [6.45, 7) is 5.74. The molecule has 2 N–H and O–H groups in total. The van der Waals surface area contributed by atoms with Crippen LogP contribution in [0.4, 0.5) is 4.79 Å². The molecule has 1 saturated heterocycles. The van der Waals surface area contributed by atoms with Crippen LogP contribution in [-0.2, 0) is 9.47 Å². The Morgan fingerprint density at radius 3 is 2.70 bits per heavy atom. The number of aromatic nitrogens is 2. The third-order valence-electron chi connectivity index (χ3n) is 2.73. The molecule has 20 heavy (non-hydrogen) atoms. The maximum absolute atomic E-state index is 11.6. The second kappa shape index (κ2) is 5.66. The van der Waals surface area contributed by atoms with E-state index in [-0.39, 0.29) is 18.0 Å². The minimum absolute atomic E-state index is 0.119. The second-order valence-electron chi connectivity index (χ2n) is 5.69. The molecule has 2 heterocycles. The number of carbonyl (C=O) groups is 1. The van der Waals surface area contributed by atoms with E-state index in [2.05, 4.69) is 15.5 Å². The van der Waals surface area contributed by atoms with Crippen molar-refractivity contribution < 1.29 is 18.7 Å².